The predicted octanol–water partition coefficient (Wildman–Crippen LogP) is 0.573. The van der Waals surface area contributed by atoms with Crippen molar-refractivity contribution < 1.29 is 14.3 Å². The van der Waals surface area contributed by atoms with Gasteiger partial charge in [-0.05, 0) is 27.2 Å². The lowest BCUT2D eigenvalue weighted by molar-refractivity contribution is -0.123. The van der Waals surface area contributed by atoms with E-state index in [9.17, 15) is 9.59 Å². The molecular weight excluding hydrogens is 208 g/mol. The van der Waals surface area contributed by atoms with Gasteiger partial charge in [0.2, 0.25) is 11.8 Å². The lowest BCUT2D eigenvalue weighted by Crippen LogP contribution is -2.40. The van der Waals surface area contributed by atoms with Crippen molar-refractivity contribution in [3.05, 3.63) is 0 Å². The Bertz CT molecular complexity index is 239. The molecule has 0 aliphatic rings. The van der Waals surface area contributed by atoms with Gasteiger partial charge in [0.1, 0.15) is 0 Å². The van der Waals surface area contributed by atoms with Crippen molar-refractivity contribution in [2.24, 2.45) is 5.73 Å². The fourth-order valence-electron chi connectivity index (χ4n) is 1.26. The van der Waals surface area contributed by atoms with Crippen LogP contribution in [0.25, 0.3) is 0 Å². The molecule has 94 valence electrons. The van der Waals surface area contributed by atoms with Crippen molar-refractivity contribution in [3.63, 3.8) is 0 Å². The van der Waals surface area contributed by atoms with Gasteiger partial charge in [0.25, 0.3) is 0 Å². The molecule has 0 aromatic carbocycles. The average molecular weight is 230 g/mol. The number of hydrogen-bond donors (Lipinski definition) is 2. The van der Waals surface area contributed by atoms with Crippen molar-refractivity contribution >= 4 is 11.8 Å². The van der Waals surface area contributed by atoms with E-state index in [4.69, 9.17) is 10.5 Å². The maximum atomic E-state index is 11.4. The van der Waals surface area contributed by atoms with Crippen molar-refractivity contribution in [3.8, 4) is 0 Å². The van der Waals surface area contributed by atoms with Gasteiger partial charge in [-0.1, -0.05) is 0 Å². The third-order valence-electron chi connectivity index (χ3n) is 2.07. The fraction of sp³-hybridized carbons (Fsp3) is 0.818. The van der Waals surface area contributed by atoms with E-state index in [-0.39, 0.29) is 23.8 Å². The van der Waals surface area contributed by atoms with Crippen LogP contribution in [0, 0.1) is 0 Å². The van der Waals surface area contributed by atoms with Gasteiger partial charge in [0.15, 0.2) is 0 Å². The van der Waals surface area contributed by atoms with Crippen LogP contribution in [0.5, 0.6) is 0 Å². The van der Waals surface area contributed by atoms with Gasteiger partial charge in [-0.2, -0.15) is 0 Å². The minimum atomic E-state index is -0.373. The van der Waals surface area contributed by atoms with Crippen LogP contribution in [0.15, 0.2) is 0 Å². The summed E-state index contributed by atoms with van der Waals surface area (Å²) in [6.45, 7) is 6.83. The highest BCUT2D eigenvalue weighted by Crippen LogP contribution is 2.07. The molecule has 0 rings (SSSR count). The molecule has 0 aliphatic heterocycles. The Morgan fingerprint density at radius 1 is 1.31 bits per heavy atom. The summed E-state index contributed by atoms with van der Waals surface area (Å²) in [5.74, 6) is -0.448. The zero-order valence-corrected chi connectivity index (χ0v) is 10.3. The number of primary amides is 1. The summed E-state index contributed by atoms with van der Waals surface area (Å²) in [6, 6.07) is 0. The molecule has 0 bridgehead atoms. The van der Waals surface area contributed by atoms with Gasteiger partial charge in [-0.3, -0.25) is 9.59 Å². The van der Waals surface area contributed by atoms with E-state index in [1.54, 1.807) is 0 Å². The van der Waals surface area contributed by atoms with Crippen LogP contribution in [0.1, 0.15) is 40.0 Å². The molecule has 0 spiro atoms. The van der Waals surface area contributed by atoms with Crippen LogP contribution in [0.4, 0.5) is 0 Å². The molecule has 2 amide bonds. The molecule has 0 unspecified atom stereocenters. The van der Waals surface area contributed by atoms with Gasteiger partial charge in [-0.15, -0.1) is 0 Å². The van der Waals surface area contributed by atoms with E-state index in [1.807, 2.05) is 20.8 Å². The number of amides is 2. The Hall–Kier alpha value is -1.10. The topological polar surface area (TPSA) is 81.4 Å². The number of nitrogens with one attached hydrogen (secondary N) is 1. The largest absolute Gasteiger partial charge is 0.374 e. The van der Waals surface area contributed by atoms with E-state index < -0.39 is 0 Å². The second-order valence-corrected chi connectivity index (χ2v) is 4.29. The first-order chi connectivity index (χ1) is 7.37. The molecule has 0 aliphatic carbocycles. The number of carbonyl (C=O) groups excluding carboxylic acids is 2. The van der Waals surface area contributed by atoms with E-state index in [0.717, 1.165) is 0 Å². The molecule has 5 heteroatoms. The van der Waals surface area contributed by atoms with Crippen LogP contribution in [-0.4, -0.2) is 30.6 Å². The lowest BCUT2D eigenvalue weighted by Gasteiger charge is -2.24. The third-order valence-corrected chi connectivity index (χ3v) is 2.07. The first kappa shape index (κ1) is 14.9. The quantitative estimate of drug-likeness (QED) is 0.639. The van der Waals surface area contributed by atoms with Crippen LogP contribution < -0.4 is 11.1 Å². The Kier molecular flexibility index (Phi) is 6.72. The lowest BCUT2D eigenvalue weighted by atomic mass is 10.1. The van der Waals surface area contributed by atoms with Crippen molar-refractivity contribution in [1.82, 2.24) is 5.32 Å². The van der Waals surface area contributed by atoms with Crippen LogP contribution in [-0.2, 0) is 14.3 Å². The molecule has 0 saturated carbocycles. The minimum Gasteiger partial charge on any atom is -0.374 e. The smallest absolute Gasteiger partial charge is 0.220 e. The predicted molar refractivity (Wildman–Crippen MR) is 61.8 cm³/mol. The summed E-state index contributed by atoms with van der Waals surface area (Å²) in [5.41, 5.74) is 4.62. The molecule has 0 atom stereocenters. The van der Waals surface area contributed by atoms with Gasteiger partial charge in [-0.25, -0.2) is 0 Å². The minimum absolute atomic E-state index is 0.0750. The standard InChI is InChI=1S/C11H22N2O3/c1-4-16-11(2,3)8-13-10(15)7-5-6-9(12)14/h4-8H2,1-3H3,(H2,12,14)(H,13,15). The molecule has 5 nitrogen and oxygen atoms in total. The highest BCUT2D eigenvalue weighted by Gasteiger charge is 2.18. The van der Waals surface area contributed by atoms with Gasteiger partial charge < -0.3 is 15.8 Å². The second-order valence-electron chi connectivity index (χ2n) is 4.29. The Morgan fingerprint density at radius 3 is 2.44 bits per heavy atom. The maximum Gasteiger partial charge on any atom is 0.220 e. The van der Waals surface area contributed by atoms with Crippen molar-refractivity contribution in [2.75, 3.05) is 13.2 Å². The first-order valence-electron chi connectivity index (χ1n) is 5.56. The monoisotopic (exact) mass is 230 g/mol. The number of carbonyl (C=O) groups is 2. The van der Waals surface area contributed by atoms with Crippen LogP contribution in [0.2, 0.25) is 0 Å². The van der Waals surface area contributed by atoms with E-state index in [2.05, 4.69) is 5.32 Å². The van der Waals surface area contributed by atoms with Crippen molar-refractivity contribution in [1.29, 1.82) is 0 Å². The summed E-state index contributed by atoms with van der Waals surface area (Å²) in [7, 11) is 0. The van der Waals surface area contributed by atoms with Crippen LogP contribution >= 0.6 is 0 Å². The Morgan fingerprint density at radius 2 is 1.94 bits per heavy atom. The fourth-order valence-corrected chi connectivity index (χ4v) is 1.26. The number of hydrogen-bond acceptors (Lipinski definition) is 3. The van der Waals surface area contributed by atoms with E-state index >= 15 is 0 Å². The summed E-state index contributed by atoms with van der Waals surface area (Å²) >= 11 is 0. The average Bonchev–Trinajstić information content (AvgIpc) is 2.14. The zero-order valence-electron chi connectivity index (χ0n) is 10.3. The summed E-state index contributed by atoms with van der Waals surface area (Å²) in [4.78, 5) is 21.8. The Balaban J connectivity index is 3.68. The highest BCUT2D eigenvalue weighted by molar-refractivity contribution is 5.77. The number of nitrogens with two attached hydrogens (primary N) is 1. The molecule has 0 heterocycles. The number of rotatable bonds is 8. The SMILES string of the molecule is CCOC(C)(C)CNC(=O)CCCC(N)=O. The van der Waals surface area contributed by atoms with Gasteiger partial charge >= 0.3 is 0 Å². The number of ether oxygens (including phenoxy) is 1. The molecule has 0 aromatic rings. The molecular formula is C11H22N2O3. The zero-order chi connectivity index (χ0) is 12.6. The highest BCUT2D eigenvalue weighted by atomic mass is 16.5. The molecule has 0 fully saturated rings. The van der Waals surface area contributed by atoms with Crippen LogP contribution in [0.3, 0.4) is 0 Å². The molecule has 0 radical (unpaired) electrons. The molecule has 0 saturated heterocycles. The molecule has 16 heavy (non-hydrogen) atoms. The normalized spacial score (nSPS) is 11.2. The summed E-state index contributed by atoms with van der Waals surface area (Å²) < 4.78 is 5.43. The summed E-state index contributed by atoms with van der Waals surface area (Å²) in [6.07, 6.45) is 1.07. The van der Waals surface area contributed by atoms with Gasteiger partial charge in [0, 0.05) is 26.0 Å². The summed E-state index contributed by atoms with van der Waals surface area (Å²) in [5, 5.41) is 2.77. The first-order valence-corrected chi connectivity index (χ1v) is 5.56. The third kappa shape index (κ3) is 8.23. The Labute approximate surface area is 96.7 Å². The molecule has 0 aromatic heterocycles. The molecule has 3 N–H and O–H groups in total. The second kappa shape index (κ2) is 7.22. The van der Waals surface area contributed by atoms with Crippen molar-refractivity contribution in [2.45, 2.75) is 45.6 Å². The maximum absolute atomic E-state index is 11.4. The van der Waals surface area contributed by atoms with E-state index in [1.165, 1.54) is 0 Å². The van der Waals surface area contributed by atoms with Gasteiger partial charge in [0.05, 0.1) is 5.60 Å². The van der Waals surface area contributed by atoms with E-state index in [0.29, 0.717) is 26.0 Å².